The average molecular weight is 258 g/mol. The van der Waals surface area contributed by atoms with E-state index in [1.165, 1.54) is 0 Å². The maximum atomic E-state index is 11.8. The van der Waals surface area contributed by atoms with Gasteiger partial charge in [-0.25, -0.2) is 9.59 Å². The molecule has 0 aromatic heterocycles. The number of unbranched alkanes of at least 4 members (excludes halogenated alkanes) is 3. The summed E-state index contributed by atoms with van der Waals surface area (Å²) in [7, 11) is 1.70. The molecule has 0 saturated carbocycles. The van der Waals surface area contributed by atoms with E-state index >= 15 is 0 Å². The molecule has 0 aliphatic carbocycles. The molecule has 0 aliphatic heterocycles. The summed E-state index contributed by atoms with van der Waals surface area (Å²) < 4.78 is 0. The molecule has 0 spiro atoms. The SMILES string of the molecule is CCCCCN(C)C(=O)NC(CCCC)C(=O)O. The molecule has 1 unspecified atom stereocenters. The average Bonchev–Trinajstić information content (AvgIpc) is 2.33. The highest BCUT2D eigenvalue weighted by Crippen LogP contribution is 2.02. The van der Waals surface area contributed by atoms with Crippen LogP contribution in [0.2, 0.25) is 0 Å². The number of rotatable bonds is 9. The number of hydrogen-bond acceptors (Lipinski definition) is 2. The van der Waals surface area contributed by atoms with Crippen molar-refractivity contribution in [3.05, 3.63) is 0 Å². The van der Waals surface area contributed by atoms with E-state index in [-0.39, 0.29) is 6.03 Å². The smallest absolute Gasteiger partial charge is 0.326 e. The van der Waals surface area contributed by atoms with Crippen molar-refractivity contribution in [1.29, 1.82) is 0 Å². The number of hydrogen-bond donors (Lipinski definition) is 2. The molecule has 0 heterocycles. The number of nitrogens with one attached hydrogen (secondary N) is 1. The van der Waals surface area contributed by atoms with E-state index < -0.39 is 12.0 Å². The van der Waals surface area contributed by atoms with Crippen LogP contribution in [0, 0.1) is 0 Å². The van der Waals surface area contributed by atoms with Crippen molar-refractivity contribution in [3.8, 4) is 0 Å². The zero-order chi connectivity index (χ0) is 14.0. The Kier molecular flexibility index (Phi) is 9.06. The predicted octanol–water partition coefficient (Wildman–Crippen LogP) is 2.46. The minimum absolute atomic E-state index is 0.297. The number of carboxylic acids is 1. The van der Waals surface area contributed by atoms with Gasteiger partial charge in [0.25, 0.3) is 0 Å². The molecule has 0 rings (SSSR count). The second kappa shape index (κ2) is 9.74. The lowest BCUT2D eigenvalue weighted by Crippen LogP contribution is -2.46. The molecule has 0 aromatic carbocycles. The van der Waals surface area contributed by atoms with Crippen molar-refractivity contribution < 1.29 is 14.7 Å². The highest BCUT2D eigenvalue weighted by atomic mass is 16.4. The Hall–Kier alpha value is -1.26. The molecule has 2 N–H and O–H groups in total. The molecule has 106 valence electrons. The number of nitrogens with zero attached hydrogens (tertiary/aromatic N) is 1. The Balaban J connectivity index is 4.10. The first-order valence-electron chi connectivity index (χ1n) is 6.77. The fourth-order valence-electron chi connectivity index (χ4n) is 1.63. The fourth-order valence-corrected chi connectivity index (χ4v) is 1.63. The van der Waals surface area contributed by atoms with Crippen LogP contribution >= 0.6 is 0 Å². The third kappa shape index (κ3) is 7.14. The zero-order valence-electron chi connectivity index (χ0n) is 11.7. The summed E-state index contributed by atoms with van der Waals surface area (Å²) in [5.41, 5.74) is 0. The Morgan fingerprint density at radius 2 is 1.78 bits per heavy atom. The lowest BCUT2D eigenvalue weighted by atomic mass is 10.1. The molecule has 0 aromatic rings. The van der Waals surface area contributed by atoms with Crippen molar-refractivity contribution in [3.63, 3.8) is 0 Å². The van der Waals surface area contributed by atoms with E-state index in [0.29, 0.717) is 13.0 Å². The maximum Gasteiger partial charge on any atom is 0.326 e. The molecule has 5 heteroatoms. The summed E-state index contributed by atoms with van der Waals surface area (Å²) in [4.78, 5) is 24.3. The largest absolute Gasteiger partial charge is 0.480 e. The van der Waals surface area contributed by atoms with Gasteiger partial charge in [0.2, 0.25) is 0 Å². The van der Waals surface area contributed by atoms with Gasteiger partial charge in [-0.15, -0.1) is 0 Å². The molecule has 5 nitrogen and oxygen atoms in total. The first-order chi connectivity index (χ1) is 8.52. The van der Waals surface area contributed by atoms with Crippen molar-refractivity contribution in [1.82, 2.24) is 10.2 Å². The fraction of sp³-hybridized carbons (Fsp3) is 0.846. The Bertz CT molecular complexity index is 257. The van der Waals surface area contributed by atoms with Crippen LogP contribution in [0.25, 0.3) is 0 Å². The second-order valence-electron chi connectivity index (χ2n) is 4.61. The van der Waals surface area contributed by atoms with Crippen molar-refractivity contribution in [2.45, 2.75) is 58.4 Å². The van der Waals surface area contributed by atoms with Crippen LogP contribution in [-0.4, -0.2) is 41.6 Å². The predicted molar refractivity (Wildman–Crippen MR) is 71.6 cm³/mol. The molecule has 2 amide bonds. The molecular formula is C13H26N2O3. The quantitative estimate of drug-likeness (QED) is 0.624. The van der Waals surface area contributed by atoms with E-state index in [9.17, 15) is 9.59 Å². The van der Waals surface area contributed by atoms with E-state index in [1.807, 2.05) is 6.92 Å². The summed E-state index contributed by atoms with van der Waals surface area (Å²) >= 11 is 0. The minimum Gasteiger partial charge on any atom is -0.480 e. The minimum atomic E-state index is -0.959. The number of urea groups is 1. The molecule has 0 bridgehead atoms. The normalized spacial score (nSPS) is 11.9. The van der Waals surface area contributed by atoms with Gasteiger partial charge in [0.05, 0.1) is 0 Å². The summed E-state index contributed by atoms with van der Waals surface area (Å²) in [6.45, 7) is 4.77. The van der Waals surface area contributed by atoms with Crippen molar-refractivity contribution in [2.75, 3.05) is 13.6 Å². The Morgan fingerprint density at radius 1 is 1.17 bits per heavy atom. The van der Waals surface area contributed by atoms with Crippen LogP contribution in [0.3, 0.4) is 0 Å². The summed E-state index contributed by atoms with van der Waals surface area (Å²) in [5.74, 6) is -0.959. The van der Waals surface area contributed by atoms with Crippen molar-refractivity contribution in [2.24, 2.45) is 0 Å². The van der Waals surface area contributed by atoms with Crippen LogP contribution in [-0.2, 0) is 4.79 Å². The number of carbonyl (C=O) groups is 2. The molecule has 0 fully saturated rings. The standard InChI is InChI=1S/C13H26N2O3/c1-4-6-8-10-15(3)13(18)14-11(12(16)17)9-7-5-2/h11H,4-10H2,1-3H3,(H,14,18)(H,16,17). The summed E-state index contributed by atoms with van der Waals surface area (Å²) in [5, 5.41) is 11.6. The van der Waals surface area contributed by atoms with Gasteiger partial charge >= 0.3 is 12.0 Å². The van der Waals surface area contributed by atoms with E-state index in [2.05, 4.69) is 12.2 Å². The maximum absolute atomic E-state index is 11.8. The number of carboxylic acid groups (broad SMARTS) is 1. The third-order valence-corrected chi connectivity index (χ3v) is 2.89. The first-order valence-corrected chi connectivity index (χ1v) is 6.77. The summed E-state index contributed by atoms with van der Waals surface area (Å²) in [6, 6.07) is -1.07. The van der Waals surface area contributed by atoms with Gasteiger partial charge in [0, 0.05) is 13.6 Å². The molecule has 1 atom stereocenters. The van der Waals surface area contributed by atoms with Crippen LogP contribution < -0.4 is 5.32 Å². The van der Waals surface area contributed by atoms with Gasteiger partial charge in [0.1, 0.15) is 6.04 Å². The molecule has 0 aliphatic rings. The second-order valence-corrected chi connectivity index (χ2v) is 4.61. The van der Waals surface area contributed by atoms with E-state index in [4.69, 9.17) is 5.11 Å². The van der Waals surface area contributed by atoms with Crippen LogP contribution in [0.5, 0.6) is 0 Å². The van der Waals surface area contributed by atoms with Crippen LogP contribution in [0.4, 0.5) is 4.79 Å². The van der Waals surface area contributed by atoms with Crippen LogP contribution in [0.1, 0.15) is 52.4 Å². The molecule has 0 radical (unpaired) electrons. The molecule has 18 heavy (non-hydrogen) atoms. The lowest BCUT2D eigenvalue weighted by molar-refractivity contribution is -0.139. The van der Waals surface area contributed by atoms with Gasteiger partial charge in [-0.2, -0.15) is 0 Å². The highest BCUT2D eigenvalue weighted by molar-refractivity contribution is 5.82. The Morgan fingerprint density at radius 3 is 2.28 bits per heavy atom. The van der Waals surface area contributed by atoms with Crippen LogP contribution in [0.15, 0.2) is 0 Å². The van der Waals surface area contributed by atoms with Gasteiger partial charge in [-0.05, 0) is 12.8 Å². The van der Waals surface area contributed by atoms with Crippen molar-refractivity contribution >= 4 is 12.0 Å². The van der Waals surface area contributed by atoms with Gasteiger partial charge in [-0.1, -0.05) is 39.5 Å². The van der Waals surface area contributed by atoms with E-state index in [0.717, 1.165) is 32.1 Å². The number of carbonyl (C=O) groups excluding carboxylic acids is 1. The topological polar surface area (TPSA) is 69.6 Å². The lowest BCUT2D eigenvalue weighted by Gasteiger charge is -2.21. The number of aliphatic carboxylic acids is 1. The highest BCUT2D eigenvalue weighted by Gasteiger charge is 2.20. The number of amides is 2. The Labute approximate surface area is 110 Å². The zero-order valence-corrected chi connectivity index (χ0v) is 11.7. The molecule has 0 saturated heterocycles. The van der Waals surface area contributed by atoms with Gasteiger partial charge in [-0.3, -0.25) is 0 Å². The third-order valence-electron chi connectivity index (χ3n) is 2.89. The van der Waals surface area contributed by atoms with Gasteiger partial charge < -0.3 is 15.3 Å². The van der Waals surface area contributed by atoms with Gasteiger partial charge in [0.15, 0.2) is 0 Å². The van der Waals surface area contributed by atoms with E-state index in [1.54, 1.807) is 11.9 Å². The monoisotopic (exact) mass is 258 g/mol. The summed E-state index contributed by atoms with van der Waals surface area (Å²) in [6.07, 6.45) is 5.34. The molecular weight excluding hydrogens is 232 g/mol. The first kappa shape index (κ1) is 16.7.